The molecule has 0 bridgehead atoms. The molecule has 0 fully saturated rings. The van der Waals surface area contributed by atoms with Crippen molar-refractivity contribution in [2.45, 2.75) is 46.2 Å². The number of hydrogen-bond acceptors (Lipinski definition) is 2. The van der Waals surface area contributed by atoms with Crippen molar-refractivity contribution in [2.24, 2.45) is 5.73 Å². The molecule has 0 saturated carbocycles. The summed E-state index contributed by atoms with van der Waals surface area (Å²) in [5.74, 6) is 0. The Labute approximate surface area is 80.0 Å². The summed E-state index contributed by atoms with van der Waals surface area (Å²) in [5.41, 5.74) is 8.29. The second kappa shape index (κ2) is 3.92. The van der Waals surface area contributed by atoms with Gasteiger partial charge in [-0.3, -0.25) is 0 Å². The van der Waals surface area contributed by atoms with Gasteiger partial charge in [-0.05, 0) is 27.2 Å². The first kappa shape index (κ1) is 10.3. The summed E-state index contributed by atoms with van der Waals surface area (Å²) in [6.45, 7) is 8.36. The monoisotopic (exact) mass is 181 g/mol. The van der Waals surface area contributed by atoms with Crippen LogP contribution >= 0.6 is 0 Å². The predicted octanol–water partition coefficient (Wildman–Crippen LogP) is 1.80. The summed E-state index contributed by atoms with van der Waals surface area (Å²) in [4.78, 5) is 4.26. The minimum atomic E-state index is 0.215. The molecule has 1 heterocycles. The van der Waals surface area contributed by atoms with Crippen LogP contribution in [0.25, 0.3) is 0 Å². The lowest BCUT2D eigenvalue weighted by Gasteiger charge is -2.21. The fraction of sp³-hybridized carbons (Fsp3) is 0.700. The molecular weight excluding hydrogens is 162 g/mol. The average Bonchev–Trinajstić information content (AvgIpc) is 2.45. The van der Waals surface area contributed by atoms with Crippen LogP contribution in [0.4, 0.5) is 0 Å². The van der Waals surface area contributed by atoms with Crippen LogP contribution in [0.2, 0.25) is 0 Å². The van der Waals surface area contributed by atoms with Crippen LogP contribution in [0.3, 0.4) is 0 Å². The third-order valence-corrected chi connectivity index (χ3v) is 2.82. The van der Waals surface area contributed by atoms with Gasteiger partial charge in [0.1, 0.15) is 0 Å². The molecule has 1 rings (SSSR count). The molecule has 0 aromatic carbocycles. The molecule has 0 aliphatic heterocycles. The Bertz CT molecular complexity index is 278. The zero-order valence-electron chi connectivity index (χ0n) is 8.91. The normalized spacial score (nSPS) is 15.8. The first-order chi connectivity index (χ1) is 6.07. The maximum absolute atomic E-state index is 5.98. The van der Waals surface area contributed by atoms with Gasteiger partial charge in [0.2, 0.25) is 0 Å². The van der Waals surface area contributed by atoms with E-state index in [4.69, 9.17) is 5.73 Å². The summed E-state index contributed by atoms with van der Waals surface area (Å²) in [6, 6.07) is 0.554. The molecule has 2 unspecified atom stereocenters. The second-order valence-corrected chi connectivity index (χ2v) is 3.64. The Morgan fingerprint density at radius 3 is 2.54 bits per heavy atom. The lowest BCUT2D eigenvalue weighted by atomic mass is 10.1. The van der Waals surface area contributed by atoms with Gasteiger partial charge >= 0.3 is 0 Å². The molecule has 1 aromatic heterocycles. The Morgan fingerprint density at radius 1 is 1.54 bits per heavy atom. The summed E-state index contributed by atoms with van der Waals surface area (Å²) in [7, 11) is 0. The standard InChI is InChI=1S/C10H19N3/c1-5-10(11)9(4)13-6-12-7(2)8(13)3/h6,9-10H,5,11H2,1-4H3. The van der Waals surface area contributed by atoms with Gasteiger partial charge in [0.05, 0.1) is 12.0 Å². The van der Waals surface area contributed by atoms with Crippen molar-refractivity contribution in [2.75, 3.05) is 0 Å². The van der Waals surface area contributed by atoms with Gasteiger partial charge in [-0.15, -0.1) is 0 Å². The van der Waals surface area contributed by atoms with Crippen molar-refractivity contribution >= 4 is 0 Å². The van der Waals surface area contributed by atoms with Crippen molar-refractivity contribution in [3.63, 3.8) is 0 Å². The zero-order chi connectivity index (χ0) is 10.0. The van der Waals surface area contributed by atoms with Crippen LogP contribution in [0, 0.1) is 13.8 Å². The number of imidazole rings is 1. The van der Waals surface area contributed by atoms with E-state index in [0.717, 1.165) is 12.1 Å². The molecule has 13 heavy (non-hydrogen) atoms. The zero-order valence-corrected chi connectivity index (χ0v) is 8.91. The lowest BCUT2D eigenvalue weighted by Crippen LogP contribution is -2.29. The van der Waals surface area contributed by atoms with E-state index in [9.17, 15) is 0 Å². The van der Waals surface area contributed by atoms with Crippen molar-refractivity contribution in [3.05, 3.63) is 17.7 Å². The first-order valence-electron chi connectivity index (χ1n) is 4.83. The van der Waals surface area contributed by atoms with Gasteiger partial charge in [0, 0.05) is 17.8 Å². The van der Waals surface area contributed by atoms with E-state index in [1.807, 2.05) is 13.3 Å². The SMILES string of the molecule is CCC(N)C(C)n1cnc(C)c1C. The molecule has 0 aliphatic carbocycles. The van der Waals surface area contributed by atoms with E-state index in [0.29, 0.717) is 6.04 Å². The lowest BCUT2D eigenvalue weighted by molar-refractivity contribution is 0.424. The number of rotatable bonds is 3. The minimum Gasteiger partial charge on any atom is -0.330 e. The third kappa shape index (κ3) is 1.91. The van der Waals surface area contributed by atoms with Crippen molar-refractivity contribution < 1.29 is 0 Å². The van der Waals surface area contributed by atoms with Gasteiger partial charge in [-0.2, -0.15) is 0 Å². The van der Waals surface area contributed by atoms with Gasteiger partial charge in [-0.1, -0.05) is 6.92 Å². The highest BCUT2D eigenvalue weighted by molar-refractivity contribution is 5.10. The number of hydrogen-bond donors (Lipinski definition) is 1. The van der Waals surface area contributed by atoms with Gasteiger partial charge < -0.3 is 10.3 Å². The largest absolute Gasteiger partial charge is 0.330 e. The minimum absolute atomic E-state index is 0.215. The van der Waals surface area contributed by atoms with Crippen molar-refractivity contribution in [3.8, 4) is 0 Å². The molecule has 74 valence electrons. The molecule has 1 aromatic rings. The summed E-state index contributed by atoms with van der Waals surface area (Å²) in [5, 5.41) is 0. The Hall–Kier alpha value is -0.830. The molecule has 0 spiro atoms. The first-order valence-corrected chi connectivity index (χ1v) is 4.83. The molecule has 0 radical (unpaired) electrons. The maximum Gasteiger partial charge on any atom is 0.0954 e. The average molecular weight is 181 g/mol. The number of aryl methyl sites for hydroxylation is 1. The number of aromatic nitrogens is 2. The highest BCUT2D eigenvalue weighted by Gasteiger charge is 2.14. The second-order valence-electron chi connectivity index (χ2n) is 3.64. The molecule has 0 aliphatic rings. The van der Waals surface area contributed by atoms with Gasteiger partial charge in [-0.25, -0.2) is 4.98 Å². The molecule has 3 nitrogen and oxygen atoms in total. The molecule has 2 N–H and O–H groups in total. The third-order valence-electron chi connectivity index (χ3n) is 2.82. The number of nitrogens with two attached hydrogens (primary N) is 1. The quantitative estimate of drug-likeness (QED) is 0.772. The topological polar surface area (TPSA) is 43.8 Å². The fourth-order valence-electron chi connectivity index (χ4n) is 1.47. The molecule has 3 heteroatoms. The van der Waals surface area contributed by atoms with Gasteiger partial charge in [0.15, 0.2) is 0 Å². The van der Waals surface area contributed by atoms with Crippen LogP contribution in [0.1, 0.15) is 37.7 Å². The molecule has 0 amide bonds. The van der Waals surface area contributed by atoms with Crippen LogP contribution in [0.5, 0.6) is 0 Å². The van der Waals surface area contributed by atoms with Crippen LogP contribution in [0.15, 0.2) is 6.33 Å². The molecule has 0 saturated heterocycles. The smallest absolute Gasteiger partial charge is 0.0954 e. The van der Waals surface area contributed by atoms with E-state index in [-0.39, 0.29) is 6.04 Å². The van der Waals surface area contributed by atoms with Crippen molar-refractivity contribution in [1.82, 2.24) is 9.55 Å². The van der Waals surface area contributed by atoms with Crippen LogP contribution in [-0.2, 0) is 0 Å². The van der Waals surface area contributed by atoms with Crippen LogP contribution in [-0.4, -0.2) is 15.6 Å². The highest BCUT2D eigenvalue weighted by atomic mass is 15.1. The van der Waals surface area contributed by atoms with E-state index in [1.54, 1.807) is 0 Å². The Morgan fingerprint density at radius 2 is 2.15 bits per heavy atom. The summed E-state index contributed by atoms with van der Waals surface area (Å²) < 4.78 is 2.16. The molecular formula is C10H19N3. The molecule has 2 atom stereocenters. The maximum atomic E-state index is 5.98. The Balaban J connectivity index is 2.88. The predicted molar refractivity (Wildman–Crippen MR) is 54.7 cm³/mol. The van der Waals surface area contributed by atoms with E-state index < -0.39 is 0 Å². The summed E-state index contributed by atoms with van der Waals surface area (Å²) in [6.07, 6.45) is 2.88. The fourth-order valence-corrected chi connectivity index (χ4v) is 1.47. The van der Waals surface area contributed by atoms with E-state index in [2.05, 4.69) is 30.3 Å². The number of nitrogens with zero attached hydrogens (tertiary/aromatic N) is 2. The van der Waals surface area contributed by atoms with E-state index >= 15 is 0 Å². The highest BCUT2D eigenvalue weighted by Crippen LogP contribution is 2.16. The van der Waals surface area contributed by atoms with Gasteiger partial charge in [0.25, 0.3) is 0 Å². The van der Waals surface area contributed by atoms with E-state index in [1.165, 1.54) is 5.69 Å². The van der Waals surface area contributed by atoms with Crippen molar-refractivity contribution in [1.29, 1.82) is 0 Å². The summed E-state index contributed by atoms with van der Waals surface area (Å²) >= 11 is 0. The van der Waals surface area contributed by atoms with Crippen LogP contribution < -0.4 is 5.73 Å². The Kier molecular flexibility index (Phi) is 3.09.